The first kappa shape index (κ1) is 32.7. The molecule has 0 radical (unpaired) electrons. The number of rotatable bonds is 11. The van der Waals surface area contributed by atoms with Crippen molar-refractivity contribution in [2.75, 3.05) is 40.4 Å². The van der Waals surface area contributed by atoms with Gasteiger partial charge in [-0.3, -0.25) is 19.4 Å². The summed E-state index contributed by atoms with van der Waals surface area (Å²) >= 11 is 0. The summed E-state index contributed by atoms with van der Waals surface area (Å²) in [6, 6.07) is -0.669. The van der Waals surface area contributed by atoms with Gasteiger partial charge in [-0.2, -0.15) is 0 Å². The number of Topliss-reactive ketones (excluding diaryl/α,β-unsaturated/α-hetero) is 2. The molecule has 10 nitrogen and oxygen atoms in total. The maximum atomic E-state index is 16.6. The van der Waals surface area contributed by atoms with E-state index in [0.29, 0.717) is 43.1 Å². The Morgan fingerprint density at radius 3 is 2.43 bits per heavy atom. The summed E-state index contributed by atoms with van der Waals surface area (Å²) in [4.78, 5) is 32.8. The second-order valence-corrected chi connectivity index (χ2v) is 13.4. The monoisotopic (exact) mass is 639 g/mol. The average molecular weight is 640 g/mol. The van der Waals surface area contributed by atoms with Crippen LogP contribution in [0.25, 0.3) is 0 Å². The van der Waals surface area contributed by atoms with Crippen molar-refractivity contribution in [3.05, 3.63) is 50.7 Å². The van der Waals surface area contributed by atoms with Crippen molar-refractivity contribution >= 4 is 11.6 Å². The maximum Gasteiger partial charge on any atom is 0.265 e. The summed E-state index contributed by atoms with van der Waals surface area (Å²) in [5.74, 6) is -3.40. The fourth-order valence-electron chi connectivity index (χ4n) is 8.01. The van der Waals surface area contributed by atoms with Crippen LogP contribution in [-0.4, -0.2) is 82.7 Å². The Morgan fingerprint density at radius 1 is 1.04 bits per heavy atom. The van der Waals surface area contributed by atoms with Crippen LogP contribution in [0.5, 0.6) is 11.6 Å². The molecule has 0 saturated carbocycles. The Hall–Kier alpha value is -3.28. The van der Waals surface area contributed by atoms with E-state index in [2.05, 4.69) is 17.0 Å². The molecule has 2 heterocycles. The number of halogens is 1. The zero-order valence-corrected chi connectivity index (χ0v) is 27.6. The molecule has 0 unspecified atom stereocenters. The smallest absolute Gasteiger partial charge is 0.265 e. The fourth-order valence-corrected chi connectivity index (χ4v) is 8.01. The molecule has 3 aliphatic carbocycles. The number of hydrogen-bond acceptors (Lipinski definition) is 10. The van der Waals surface area contributed by atoms with Gasteiger partial charge in [0, 0.05) is 41.3 Å². The van der Waals surface area contributed by atoms with E-state index in [4.69, 9.17) is 14.0 Å². The van der Waals surface area contributed by atoms with E-state index in [-0.39, 0.29) is 46.7 Å². The van der Waals surface area contributed by atoms with Gasteiger partial charge < -0.3 is 24.2 Å². The molecule has 0 fully saturated rings. The highest BCUT2D eigenvalue weighted by Crippen LogP contribution is 2.57. The third-order valence-corrected chi connectivity index (χ3v) is 10.3. The summed E-state index contributed by atoms with van der Waals surface area (Å²) in [5.41, 5.74) is -0.830. The van der Waals surface area contributed by atoms with Crippen molar-refractivity contribution in [2.24, 2.45) is 11.8 Å². The zero-order chi connectivity index (χ0) is 32.9. The Balaban J connectivity index is 1.49. The number of nitrogens with zero attached hydrogens (tertiary/aromatic N) is 3. The fraction of sp³-hybridized carbons (Fsp3) is 0.629. The highest BCUT2D eigenvalue weighted by Gasteiger charge is 2.64. The summed E-state index contributed by atoms with van der Waals surface area (Å²) < 4.78 is 34.4. The van der Waals surface area contributed by atoms with E-state index < -0.39 is 46.6 Å². The van der Waals surface area contributed by atoms with Gasteiger partial charge in [0.15, 0.2) is 17.1 Å². The van der Waals surface area contributed by atoms with Crippen LogP contribution < -0.4 is 9.47 Å². The molecule has 4 atom stereocenters. The number of aliphatic hydroxyl groups is 2. The average Bonchev–Trinajstić information content (AvgIpc) is 3.44. The number of benzene rings is 1. The van der Waals surface area contributed by atoms with Crippen molar-refractivity contribution < 1.29 is 38.2 Å². The number of ketones is 2. The molecule has 6 rings (SSSR count). The highest BCUT2D eigenvalue weighted by atomic mass is 19.1. The lowest BCUT2D eigenvalue weighted by Crippen LogP contribution is -2.59. The van der Waals surface area contributed by atoms with Gasteiger partial charge in [-0.25, -0.2) is 4.39 Å². The van der Waals surface area contributed by atoms with Crippen LogP contribution in [0.2, 0.25) is 0 Å². The minimum atomic E-state index is -2.42. The van der Waals surface area contributed by atoms with E-state index in [1.54, 1.807) is 19.0 Å². The molecule has 46 heavy (non-hydrogen) atoms. The van der Waals surface area contributed by atoms with Gasteiger partial charge in [0.25, 0.3) is 5.88 Å². The van der Waals surface area contributed by atoms with Crippen molar-refractivity contribution in [3.63, 3.8) is 0 Å². The van der Waals surface area contributed by atoms with Crippen LogP contribution in [0.4, 0.5) is 4.39 Å². The van der Waals surface area contributed by atoms with Crippen LogP contribution >= 0.6 is 0 Å². The van der Waals surface area contributed by atoms with Gasteiger partial charge >= 0.3 is 0 Å². The first-order valence-corrected chi connectivity index (χ1v) is 16.8. The lowest BCUT2D eigenvalue weighted by molar-refractivity contribution is -0.0559. The predicted octanol–water partition coefficient (Wildman–Crippen LogP) is 5.36. The molecule has 1 aromatic heterocycles. The molecule has 11 heteroatoms. The van der Waals surface area contributed by atoms with Crippen molar-refractivity contribution in [3.8, 4) is 11.6 Å². The van der Waals surface area contributed by atoms with Crippen LogP contribution in [0.1, 0.15) is 109 Å². The molecule has 0 saturated heterocycles. The van der Waals surface area contributed by atoms with E-state index >= 15 is 4.39 Å². The normalized spacial score (nSPS) is 25.6. The maximum absolute atomic E-state index is 16.6. The quantitative estimate of drug-likeness (QED) is 0.311. The number of carbonyl (C=O) groups is 2. The molecule has 1 aromatic carbocycles. The molecule has 2 N–H and O–H groups in total. The van der Waals surface area contributed by atoms with E-state index in [0.717, 1.165) is 45.2 Å². The molecule has 0 amide bonds. The number of allylic oxidation sites excluding steroid dienone is 1. The van der Waals surface area contributed by atoms with Crippen molar-refractivity contribution in [1.82, 2.24) is 15.0 Å². The second-order valence-electron chi connectivity index (χ2n) is 13.4. The molecule has 250 valence electrons. The van der Waals surface area contributed by atoms with E-state index in [9.17, 15) is 19.8 Å². The van der Waals surface area contributed by atoms with Gasteiger partial charge in [0.2, 0.25) is 5.78 Å². The van der Waals surface area contributed by atoms with Crippen LogP contribution in [-0.2, 0) is 19.4 Å². The molecule has 1 aliphatic heterocycles. The van der Waals surface area contributed by atoms with Crippen molar-refractivity contribution in [1.29, 1.82) is 0 Å². The van der Waals surface area contributed by atoms with Gasteiger partial charge in [0.05, 0.1) is 24.8 Å². The number of ether oxygens (including phenoxy) is 2. The summed E-state index contributed by atoms with van der Waals surface area (Å²) in [5, 5.41) is 28.3. The van der Waals surface area contributed by atoms with E-state index in [1.165, 1.54) is 0 Å². The van der Waals surface area contributed by atoms with Crippen LogP contribution in [0, 0.1) is 17.7 Å². The standard InChI is InChI=1S/C35H46FN3O7/c1-6-9-14-44-30-20-11-13-39(12-8-3)18-22(20)27(36)21-16-19-17-23-28(38(4)5)31-26(34(37-46-31)45-15-10-7-2)33(42)35(23,43)32(41)24(19)29(40)25(21)30/h19,23,28,41,43H,6-18H2,1-5H3/t19-,23-,28-,35-/m0/s1. The first-order chi connectivity index (χ1) is 22.1. The number of unbranched alkanes of at least 4 members (excludes halogenated alkanes) is 2. The highest BCUT2D eigenvalue weighted by molar-refractivity contribution is 6.16. The van der Waals surface area contributed by atoms with Crippen molar-refractivity contribution in [2.45, 2.75) is 90.3 Å². The second kappa shape index (κ2) is 12.7. The number of aliphatic hydroxyl groups excluding tert-OH is 1. The Bertz CT molecular complexity index is 1570. The number of aromatic nitrogens is 1. The van der Waals surface area contributed by atoms with Crippen LogP contribution in [0.3, 0.4) is 0 Å². The largest absolute Gasteiger partial charge is 0.508 e. The van der Waals surface area contributed by atoms with E-state index in [1.807, 2.05) is 13.8 Å². The van der Waals surface area contributed by atoms with Gasteiger partial charge in [-0.15, -0.1) is 0 Å². The number of carbonyl (C=O) groups excluding carboxylic acids is 2. The first-order valence-electron chi connectivity index (χ1n) is 16.8. The Morgan fingerprint density at radius 2 is 1.76 bits per heavy atom. The lowest BCUT2D eigenvalue weighted by Gasteiger charge is -2.49. The zero-order valence-electron chi connectivity index (χ0n) is 27.6. The summed E-state index contributed by atoms with van der Waals surface area (Å²) in [6.07, 6.45) is 5.00. The summed E-state index contributed by atoms with van der Waals surface area (Å²) in [6.45, 7) is 8.83. The lowest BCUT2D eigenvalue weighted by atomic mass is 9.58. The Kier molecular flexibility index (Phi) is 9.04. The van der Waals surface area contributed by atoms with Gasteiger partial charge in [0.1, 0.15) is 22.9 Å². The predicted molar refractivity (Wildman–Crippen MR) is 168 cm³/mol. The minimum absolute atomic E-state index is 0.0249. The molecule has 0 bridgehead atoms. The molecule has 4 aliphatic rings. The minimum Gasteiger partial charge on any atom is -0.508 e. The molecular formula is C35H46FN3O7. The topological polar surface area (TPSA) is 126 Å². The molecule has 0 spiro atoms. The number of fused-ring (bicyclic) bond motifs is 5. The van der Waals surface area contributed by atoms with Gasteiger partial charge in [-0.05, 0) is 70.2 Å². The third-order valence-electron chi connectivity index (χ3n) is 10.3. The van der Waals surface area contributed by atoms with Crippen LogP contribution in [0.15, 0.2) is 15.9 Å². The third kappa shape index (κ3) is 4.97. The number of hydrogen-bond donors (Lipinski definition) is 2. The molecule has 2 aromatic rings. The molecular weight excluding hydrogens is 593 g/mol. The SMILES string of the molecule is CCCCOc1noc2c1C(=O)[C@@]1(O)C(O)=C3C(=O)c4c(c(F)c5c(c4OCCCC)CCN(CCC)C5)C[C@H]3C[C@H]1[C@@H]2N(C)C. The Labute approximate surface area is 269 Å². The van der Waals surface area contributed by atoms with Gasteiger partial charge in [-0.1, -0.05) is 33.6 Å². The summed E-state index contributed by atoms with van der Waals surface area (Å²) in [7, 11) is 3.58.